The van der Waals surface area contributed by atoms with Crippen LogP contribution in [-0.2, 0) is 9.68 Å². The van der Waals surface area contributed by atoms with Crippen molar-refractivity contribution in [2.24, 2.45) is 0 Å². The number of pyridine rings is 2. The van der Waals surface area contributed by atoms with Gasteiger partial charge in [0, 0.05) is 21.7 Å². The molecule has 0 N–H and O–H groups in total. The Labute approximate surface area is 320 Å². The first-order valence-corrected chi connectivity index (χ1v) is 10.4. The Kier molecular flexibility index (Phi) is 25.2. The van der Waals surface area contributed by atoms with Gasteiger partial charge in [0.15, 0.2) is 12.6 Å². The van der Waals surface area contributed by atoms with Crippen molar-refractivity contribution in [3.63, 3.8) is 0 Å². The van der Waals surface area contributed by atoms with Gasteiger partial charge in [0.05, 0.1) is 11.1 Å². The summed E-state index contributed by atoms with van der Waals surface area (Å²) in [6, 6.07) is 5.81. The van der Waals surface area contributed by atoms with Gasteiger partial charge in [-0.3, -0.25) is 14.4 Å². The van der Waals surface area contributed by atoms with Gasteiger partial charge in [-0.1, -0.05) is 53.8 Å². The summed E-state index contributed by atoms with van der Waals surface area (Å²) in [5.41, 5.74) is 0.528. The molecule has 0 unspecified atom stereocenters. The van der Waals surface area contributed by atoms with Crippen molar-refractivity contribution in [2.75, 3.05) is 0 Å². The van der Waals surface area contributed by atoms with E-state index >= 15 is 0 Å². The van der Waals surface area contributed by atoms with Crippen molar-refractivity contribution in [2.45, 2.75) is 7.43 Å². The van der Waals surface area contributed by atoms with Crippen LogP contribution in [0.25, 0.3) is 11.1 Å². The van der Waals surface area contributed by atoms with Crippen molar-refractivity contribution >= 4 is 81.4 Å². The van der Waals surface area contributed by atoms with Gasteiger partial charge in [-0.05, 0) is 40.2 Å². The van der Waals surface area contributed by atoms with Crippen LogP contribution in [0.1, 0.15) is 29.6 Å². The molecule has 0 aliphatic carbocycles. The topological polar surface area (TPSA) is 109 Å². The van der Waals surface area contributed by atoms with E-state index in [9.17, 15) is 18.4 Å². The molecule has 0 amide bonds. The Balaban J connectivity index is -0.000000250. The van der Waals surface area contributed by atoms with Crippen LogP contribution in [0.2, 0.25) is 20.6 Å². The second-order valence-electron chi connectivity index (χ2n) is 5.38. The Morgan fingerprint density at radius 3 is 1.75 bits per heavy atom. The van der Waals surface area contributed by atoms with Gasteiger partial charge in [0.25, 0.3) is 6.47 Å². The summed E-state index contributed by atoms with van der Waals surface area (Å²) in [4.78, 5) is 39.9. The molecule has 16 heteroatoms. The van der Waals surface area contributed by atoms with Crippen LogP contribution in [0.5, 0.6) is 0 Å². The number of nitrogens with zero attached hydrogens (tertiary/aromatic N) is 2. The van der Waals surface area contributed by atoms with E-state index in [0.717, 1.165) is 6.07 Å². The van der Waals surface area contributed by atoms with Crippen LogP contribution in [0.4, 0.5) is 8.78 Å². The van der Waals surface area contributed by atoms with Gasteiger partial charge in [0.1, 0.15) is 32.2 Å². The Morgan fingerprint density at radius 1 is 0.861 bits per heavy atom. The fourth-order valence-corrected chi connectivity index (χ4v) is 3.80. The Bertz CT molecular complexity index is 1170. The molecule has 0 spiro atoms. The number of carbonyl (C=O) groups excluding carboxylic acids is 3. The minimum atomic E-state index is -0.809. The minimum Gasteiger partial charge on any atom is -1.00 e. The fourth-order valence-electron chi connectivity index (χ4n) is 2.11. The molecule has 0 aliphatic heterocycles. The van der Waals surface area contributed by atoms with Crippen molar-refractivity contribution in [1.82, 2.24) is 9.97 Å². The Morgan fingerprint density at radius 2 is 1.33 bits per heavy atom. The quantitative estimate of drug-likeness (QED) is 0.127. The van der Waals surface area contributed by atoms with Crippen LogP contribution in [-0.4, -0.2) is 29.0 Å². The monoisotopic (exact) mass is 696 g/mol. The molecule has 2 heterocycles. The summed E-state index contributed by atoms with van der Waals surface area (Å²) in [5.74, 6) is -1.52. The molecule has 3 rings (SSSR count). The van der Waals surface area contributed by atoms with Crippen LogP contribution < -0.4 is 108 Å². The number of aldehydes is 2. The first-order valence-electron chi connectivity index (χ1n) is 8.05. The molecule has 0 aliphatic rings. The molecule has 0 radical (unpaired) electrons. The van der Waals surface area contributed by atoms with E-state index in [1.54, 1.807) is 0 Å². The van der Waals surface area contributed by atoms with Crippen LogP contribution in [0, 0.1) is 11.6 Å². The minimum absolute atomic E-state index is 0. The largest absolute Gasteiger partial charge is 1.00 e. The van der Waals surface area contributed by atoms with E-state index in [0.29, 0.717) is 28.7 Å². The van der Waals surface area contributed by atoms with Gasteiger partial charge in [-0.25, -0.2) is 18.7 Å². The molecule has 7 nitrogen and oxygen atoms in total. The molecule has 0 saturated heterocycles. The van der Waals surface area contributed by atoms with Crippen molar-refractivity contribution in [3.05, 3.63) is 78.2 Å². The van der Waals surface area contributed by atoms with E-state index < -0.39 is 11.6 Å². The molecule has 0 bridgehead atoms. The standard InChI is InChI=1S/C12H5Cl2F2NO.C6H2BrCl2NO.CH2O3.CH4.2K.H/c13-11-4-8(9(5-18)12(14)17-11)7-2-1-6(15)3-10(7)16;7-4-1-5(8)10-6(9)3(4)2-11;2-1-4-3;;;;/h1-5H;1-2H;1,3H;1H4;;;/q;;;;2*+1;-1/p-1. The summed E-state index contributed by atoms with van der Waals surface area (Å²) < 4.78 is 27.0. The number of halogens is 7. The molecule has 0 fully saturated rings. The Hall–Kier alpha value is 1.06. The van der Waals surface area contributed by atoms with Crippen LogP contribution in [0.15, 0.2) is 34.8 Å². The number of rotatable bonds is 4. The molecule has 2 aromatic heterocycles. The summed E-state index contributed by atoms with van der Waals surface area (Å²) in [6.07, 6.45) is 1.07. The smallest absolute Gasteiger partial charge is 1.00 e. The average Bonchev–Trinajstić information content (AvgIpc) is 2.73. The van der Waals surface area contributed by atoms with Crippen LogP contribution >= 0.6 is 62.3 Å². The fraction of sp³-hybridized carbons (Fsp3) is 0.0500. The maximum atomic E-state index is 13.7. The summed E-state index contributed by atoms with van der Waals surface area (Å²) in [6.45, 7) is -0.181. The predicted molar refractivity (Wildman–Crippen MR) is 127 cm³/mol. The van der Waals surface area contributed by atoms with Gasteiger partial charge in [-0.15, -0.1) is 0 Å². The number of hydrogen-bond donors (Lipinski definition) is 0. The predicted octanol–water partition coefficient (Wildman–Crippen LogP) is 0.301. The maximum absolute atomic E-state index is 13.7. The van der Waals surface area contributed by atoms with Crippen molar-refractivity contribution in [3.8, 4) is 11.1 Å². The van der Waals surface area contributed by atoms with E-state index in [2.05, 4.69) is 30.8 Å². The summed E-state index contributed by atoms with van der Waals surface area (Å²) in [7, 11) is 0. The average molecular weight is 699 g/mol. The molecule has 0 saturated carbocycles. The SMILES string of the molecule is C.O=CO[O-].O=Cc1c(-c2ccc(F)cc2F)cc(Cl)nc1Cl.O=Cc1c(Br)cc(Cl)nc1Cl.[H-].[K+].[K+]. The third kappa shape index (κ3) is 13.4. The number of aromatic nitrogens is 2. The number of hydrogen-bond acceptors (Lipinski definition) is 7. The molecule has 1 aromatic carbocycles. The third-order valence-corrected chi connectivity index (χ3v) is 5.03. The first-order chi connectivity index (χ1) is 15.6. The molecule has 184 valence electrons. The second kappa shape index (κ2) is 21.8. The van der Waals surface area contributed by atoms with E-state index in [1.807, 2.05) is 0 Å². The first kappa shape index (κ1) is 41.5. The van der Waals surface area contributed by atoms with Gasteiger partial charge >= 0.3 is 103 Å². The van der Waals surface area contributed by atoms with Gasteiger partial charge in [0.2, 0.25) is 0 Å². The zero-order valence-electron chi connectivity index (χ0n) is 18.7. The van der Waals surface area contributed by atoms with Gasteiger partial charge < -0.3 is 11.6 Å². The number of benzene rings is 1. The number of carbonyl (C=O) groups is 3. The molecule has 0 atom stereocenters. The zero-order valence-corrected chi connectivity index (χ0v) is 28.6. The van der Waals surface area contributed by atoms with E-state index in [1.165, 1.54) is 18.2 Å². The van der Waals surface area contributed by atoms with E-state index in [-0.39, 0.29) is 155 Å². The molecular formula is C20H13BrCl4F2K2N2O5. The molecule has 36 heavy (non-hydrogen) atoms. The second-order valence-corrected chi connectivity index (χ2v) is 7.73. The van der Waals surface area contributed by atoms with Gasteiger partial charge in [-0.2, -0.15) is 0 Å². The van der Waals surface area contributed by atoms with Crippen LogP contribution in [0.3, 0.4) is 0 Å². The van der Waals surface area contributed by atoms with E-state index in [4.69, 9.17) is 56.5 Å². The van der Waals surface area contributed by atoms with Crippen molar-refractivity contribution < 1.29 is 138 Å². The summed E-state index contributed by atoms with van der Waals surface area (Å²) >= 11 is 25.7. The molecular weight excluding hydrogens is 686 g/mol. The molecule has 3 aromatic rings. The third-order valence-electron chi connectivity index (χ3n) is 3.41. The summed E-state index contributed by atoms with van der Waals surface area (Å²) in [5, 5.41) is 8.69. The zero-order chi connectivity index (χ0) is 25.1. The van der Waals surface area contributed by atoms with Crippen molar-refractivity contribution in [1.29, 1.82) is 0 Å². The maximum Gasteiger partial charge on any atom is 1.00 e. The normalized spacial score (nSPS) is 8.78.